The van der Waals surface area contributed by atoms with Gasteiger partial charge in [0.25, 0.3) is 0 Å². The van der Waals surface area contributed by atoms with E-state index in [0.29, 0.717) is 9.36 Å². The van der Waals surface area contributed by atoms with Crippen molar-refractivity contribution in [1.82, 2.24) is 4.90 Å². The first-order valence-electron chi connectivity index (χ1n) is 13.2. The van der Waals surface area contributed by atoms with Gasteiger partial charge in [-0.1, -0.05) is 0 Å². The molecule has 0 saturated carbocycles. The van der Waals surface area contributed by atoms with Gasteiger partial charge >= 0.3 is 260 Å². The zero-order valence-corrected chi connectivity index (χ0v) is 26.9. The fraction of sp³-hybridized carbons (Fsp3) is 0.536. The summed E-state index contributed by atoms with van der Waals surface area (Å²) >= 11 is -0.975. The summed E-state index contributed by atoms with van der Waals surface area (Å²) in [5.74, 6) is -9.67. The number of ether oxygens (including phenoxy) is 6. The standard InChI is InChI=1S/C28H35NO14Se/c1-14(30)29(15(2)31)22-24(23(41-18(5)34)21(40-17(4)33)13-39-16(3)32)43-28(37,27(36)38-7)26(25(22)42-19(6)35)44-20-11-9-8-10-12-20/h8-12,21-26,37H,13H2,1-7H3/t21-,22+,23-,24-,25-,26+,28+/m1/s1. The van der Waals surface area contributed by atoms with Crippen LogP contribution in [-0.2, 0) is 62.0 Å². The summed E-state index contributed by atoms with van der Waals surface area (Å²) in [7, 11) is 0.960. The molecule has 0 radical (unpaired) electrons. The van der Waals surface area contributed by atoms with Crippen molar-refractivity contribution in [3.05, 3.63) is 30.3 Å². The van der Waals surface area contributed by atoms with E-state index in [1.54, 1.807) is 30.3 Å². The van der Waals surface area contributed by atoms with E-state index in [1.807, 2.05) is 0 Å². The van der Waals surface area contributed by atoms with Crippen LogP contribution in [0.2, 0.25) is 4.82 Å². The van der Waals surface area contributed by atoms with E-state index in [-0.39, 0.29) is 0 Å². The molecule has 1 fully saturated rings. The first kappa shape index (κ1) is 36.3. The minimum absolute atomic E-state index is 0.590. The van der Waals surface area contributed by atoms with Crippen molar-refractivity contribution in [3.63, 3.8) is 0 Å². The van der Waals surface area contributed by atoms with Gasteiger partial charge in [-0.2, -0.15) is 0 Å². The molecular formula is C28H35NO14Se. The van der Waals surface area contributed by atoms with Crippen LogP contribution in [0.15, 0.2) is 30.3 Å². The molecule has 44 heavy (non-hydrogen) atoms. The molecule has 2 amide bonds. The van der Waals surface area contributed by atoms with E-state index in [1.165, 1.54) is 0 Å². The van der Waals surface area contributed by atoms with Crippen molar-refractivity contribution in [2.24, 2.45) is 0 Å². The molecule has 242 valence electrons. The molecule has 1 aliphatic rings. The average Bonchev–Trinajstić information content (AvgIpc) is 2.92. The van der Waals surface area contributed by atoms with Crippen molar-refractivity contribution in [2.75, 3.05) is 13.7 Å². The maximum absolute atomic E-state index is 13.3. The molecule has 0 unspecified atom stereocenters. The molecular weight excluding hydrogens is 653 g/mol. The van der Waals surface area contributed by atoms with Gasteiger partial charge in [0.1, 0.15) is 0 Å². The Balaban J connectivity index is 2.97. The van der Waals surface area contributed by atoms with Gasteiger partial charge in [-0.25, -0.2) is 0 Å². The number of imide groups is 1. The van der Waals surface area contributed by atoms with Crippen molar-refractivity contribution < 1.29 is 67.1 Å². The van der Waals surface area contributed by atoms with Gasteiger partial charge in [0.2, 0.25) is 0 Å². The number of esters is 5. The van der Waals surface area contributed by atoms with Gasteiger partial charge in [-0.3, -0.25) is 0 Å². The third-order valence-corrected chi connectivity index (χ3v) is 9.10. The van der Waals surface area contributed by atoms with E-state index in [0.717, 1.165) is 48.7 Å². The van der Waals surface area contributed by atoms with Gasteiger partial charge < -0.3 is 0 Å². The Morgan fingerprint density at radius 2 is 1.45 bits per heavy atom. The fourth-order valence-corrected chi connectivity index (χ4v) is 7.37. The van der Waals surface area contributed by atoms with Crippen molar-refractivity contribution in [2.45, 2.75) is 82.6 Å². The van der Waals surface area contributed by atoms with E-state index < -0.39 is 104 Å². The second-order valence-corrected chi connectivity index (χ2v) is 12.2. The molecule has 1 aromatic carbocycles. The second-order valence-electron chi connectivity index (χ2n) is 9.62. The number of hydrogen-bond donors (Lipinski definition) is 1. The molecule has 1 saturated heterocycles. The van der Waals surface area contributed by atoms with E-state index in [2.05, 4.69) is 0 Å². The topological polar surface area (TPSA) is 198 Å². The van der Waals surface area contributed by atoms with Gasteiger partial charge in [-0.15, -0.1) is 0 Å². The summed E-state index contributed by atoms with van der Waals surface area (Å²) < 4.78 is 32.9. The Morgan fingerprint density at radius 1 is 0.886 bits per heavy atom. The Kier molecular flexibility index (Phi) is 13.0. The van der Waals surface area contributed by atoms with Crippen LogP contribution < -0.4 is 4.46 Å². The number of benzene rings is 1. The quantitative estimate of drug-likeness (QED) is 0.172. The summed E-state index contributed by atoms with van der Waals surface area (Å²) in [6.07, 6.45) is -7.12. The zero-order valence-electron chi connectivity index (χ0n) is 25.2. The predicted molar refractivity (Wildman–Crippen MR) is 148 cm³/mol. The van der Waals surface area contributed by atoms with Crippen LogP contribution in [-0.4, -0.2) is 117 Å². The number of amides is 2. The Hall–Kier alpha value is -3.85. The monoisotopic (exact) mass is 689 g/mol. The Labute approximate surface area is 259 Å². The second kappa shape index (κ2) is 15.7. The maximum atomic E-state index is 13.3. The van der Waals surface area contributed by atoms with Crippen LogP contribution in [0, 0.1) is 0 Å². The first-order chi connectivity index (χ1) is 20.5. The van der Waals surface area contributed by atoms with Crippen LogP contribution in [0.5, 0.6) is 0 Å². The molecule has 1 aromatic rings. The molecule has 16 heteroatoms. The number of methoxy groups -OCH3 is 1. The third-order valence-electron chi connectivity index (χ3n) is 6.20. The number of hydrogen-bond acceptors (Lipinski definition) is 14. The van der Waals surface area contributed by atoms with Crippen molar-refractivity contribution in [1.29, 1.82) is 0 Å². The average molecular weight is 689 g/mol. The summed E-state index contributed by atoms with van der Waals surface area (Å²) in [5.41, 5.74) is 0. The minimum atomic E-state index is -2.94. The Bertz CT molecular complexity index is 1240. The first-order valence-corrected chi connectivity index (χ1v) is 15.0. The fourth-order valence-electron chi connectivity index (χ4n) is 4.71. The molecule has 1 aliphatic heterocycles. The number of nitrogens with zero attached hydrogens (tertiary/aromatic N) is 1. The summed E-state index contributed by atoms with van der Waals surface area (Å²) in [4.78, 5) is 87.1. The van der Waals surface area contributed by atoms with Crippen molar-refractivity contribution >= 4 is 61.1 Å². The molecule has 1 N–H and O–H groups in total. The third kappa shape index (κ3) is 9.08. The van der Waals surface area contributed by atoms with E-state index in [9.17, 15) is 38.7 Å². The normalized spacial score (nSPS) is 24.1. The number of carbonyl (C=O) groups is 7. The van der Waals surface area contributed by atoms with Crippen LogP contribution in [0.1, 0.15) is 41.5 Å². The van der Waals surface area contributed by atoms with Gasteiger partial charge in [0.05, 0.1) is 0 Å². The van der Waals surface area contributed by atoms with E-state index in [4.69, 9.17) is 28.4 Å². The molecule has 0 aliphatic carbocycles. The van der Waals surface area contributed by atoms with Crippen LogP contribution in [0.4, 0.5) is 0 Å². The van der Waals surface area contributed by atoms with Gasteiger partial charge in [0.15, 0.2) is 0 Å². The molecule has 15 nitrogen and oxygen atoms in total. The number of rotatable bonds is 11. The summed E-state index contributed by atoms with van der Waals surface area (Å²) in [6, 6.07) is 6.76. The van der Waals surface area contributed by atoms with Crippen molar-refractivity contribution in [3.8, 4) is 0 Å². The number of carbonyl (C=O) groups excluding carboxylic acids is 7. The van der Waals surface area contributed by atoms with Crippen LogP contribution >= 0.6 is 0 Å². The van der Waals surface area contributed by atoms with Gasteiger partial charge in [0, 0.05) is 0 Å². The van der Waals surface area contributed by atoms with E-state index >= 15 is 0 Å². The molecule has 0 aromatic heterocycles. The Morgan fingerprint density at radius 3 is 1.91 bits per heavy atom. The molecule has 0 spiro atoms. The number of aliphatic hydroxyl groups is 1. The summed E-state index contributed by atoms with van der Waals surface area (Å²) in [5, 5.41) is 12.0. The SMILES string of the molecule is COC(=O)[C@@]1(O)O[C@@H]([C@H](OC(C)=O)[C@@H](COC(C)=O)OC(C)=O)[C@H](N(C(C)=O)C(C)=O)[C@@H](OC(C)=O)[C@@H]1[Se]c1ccccc1. The zero-order chi connectivity index (χ0) is 33.4. The predicted octanol–water partition coefficient (Wildman–Crippen LogP) is -0.813. The van der Waals surface area contributed by atoms with Crippen LogP contribution in [0.3, 0.4) is 0 Å². The van der Waals surface area contributed by atoms with Crippen LogP contribution in [0.25, 0.3) is 0 Å². The van der Waals surface area contributed by atoms with Gasteiger partial charge in [-0.05, 0) is 0 Å². The molecule has 7 atom stereocenters. The summed E-state index contributed by atoms with van der Waals surface area (Å²) in [6.45, 7) is 5.42. The molecule has 0 bridgehead atoms. The molecule has 1 heterocycles. The molecule has 2 rings (SSSR count).